The van der Waals surface area contributed by atoms with Crippen molar-refractivity contribution in [3.8, 4) is 0 Å². The van der Waals surface area contributed by atoms with E-state index in [0.29, 0.717) is 5.92 Å². The number of hydrogen-bond acceptors (Lipinski definition) is 2. The van der Waals surface area contributed by atoms with Gasteiger partial charge in [0, 0.05) is 6.54 Å². The van der Waals surface area contributed by atoms with Gasteiger partial charge in [0.1, 0.15) is 6.04 Å². The molecule has 0 bridgehead atoms. The summed E-state index contributed by atoms with van der Waals surface area (Å²) >= 11 is 0. The second-order valence-electron chi connectivity index (χ2n) is 6.17. The van der Waals surface area contributed by atoms with Gasteiger partial charge in [0.2, 0.25) is 0 Å². The highest BCUT2D eigenvalue weighted by Crippen LogP contribution is 2.33. The summed E-state index contributed by atoms with van der Waals surface area (Å²) in [5.74, 6) is -0.432. The van der Waals surface area contributed by atoms with Gasteiger partial charge in [-0.1, -0.05) is 45.9 Å². The van der Waals surface area contributed by atoms with Gasteiger partial charge in [0.25, 0.3) is 0 Å². The molecular weight excluding hydrogens is 226 g/mol. The van der Waals surface area contributed by atoms with Gasteiger partial charge in [-0.15, -0.1) is 0 Å². The summed E-state index contributed by atoms with van der Waals surface area (Å²) in [6, 6.07) is 5.70. The van der Waals surface area contributed by atoms with Gasteiger partial charge in [-0.05, 0) is 28.0 Å². The summed E-state index contributed by atoms with van der Waals surface area (Å²) in [5.41, 5.74) is 3.31. The molecule has 0 saturated carbocycles. The number of carboxylic acid groups (broad SMARTS) is 1. The highest BCUT2D eigenvalue weighted by molar-refractivity contribution is 5.77. The molecule has 3 heteroatoms. The van der Waals surface area contributed by atoms with E-state index in [0.717, 1.165) is 17.7 Å². The molecule has 18 heavy (non-hydrogen) atoms. The van der Waals surface area contributed by atoms with Crippen molar-refractivity contribution in [1.29, 1.82) is 0 Å². The van der Waals surface area contributed by atoms with Crippen molar-refractivity contribution in [2.45, 2.75) is 45.1 Å². The molecule has 1 aromatic carbocycles. The van der Waals surface area contributed by atoms with E-state index in [1.54, 1.807) is 0 Å². The normalized spacial score (nSPS) is 23.6. The van der Waals surface area contributed by atoms with Crippen molar-refractivity contribution >= 4 is 5.97 Å². The highest BCUT2D eigenvalue weighted by atomic mass is 16.4. The molecule has 3 nitrogen and oxygen atoms in total. The lowest BCUT2D eigenvalue weighted by Gasteiger charge is -2.31. The quantitative estimate of drug-likeness (QED) is 0.802. The Balaban J connectivity index is 2.53. The summed E-state index contributed by atoms with van der Waals surface area (Å²) in [6.07, 6.45) is 0. The fourth-order valence-corrected chi connectivity index (χ4v) is 2.47. The van der Waals surface area contributed by atoms with E-state index in [1.807, 2.05) is 0 Å². The maximum atomic E-state index is 11.3. The van der Waals surface area contributed by atoms with Gasteiger partial charge in [0.15, 0.2) is 0 Å². The zero-order valence-corrected chi connectivity index (χ0v) is 11.4. The molecule has 0 saturated heterocycles. The molecule has 0 amide bonds. The lowest BCUT2D eigenvalue weighted by Crippen LogP contribution is -2.37. The van der Waals surface area contributed by atoms with Crippen molar-refractivity contribution in [3.05, 3.63) is 34.9 Å². The number of nitrogens with one attached hydrogen (secondary N) is 1. The molecule has 0 aliphatic carbocycles. The van der Waals surface area contributed by atoms with Crippen LogP contribution in [0, 0.1) is 0 Å². The van der Waals surface area contributed by atoms with E-state index in [2.05, 4.69) is 51.2 Å². The summed E-state index contributed by atoms with van der Waals surface area (Å²) in [5, 5.41) is 12.4. The smallest absolute Gasteiger partial charge is 0.325 e. The molecule has 2 N–H and O–H groups in total. The maximum absolute atomic E-state index is 11.3. The maximum Gasteiger partial charge on any atom is 0.325 e. The fourth-order valence-electron chi connectivity index (χ4n) is 2.47. The molecule has 98 valence electrons. The van der Waals surface area contributed by atoms with Crippen molar-refractivity contribution in [3.63, 3.8) is 0 Å². The minimum Gasteiger partial charge on any atom is -0.480 e. The molecule has 1 aromatic rings. The van der Waals surface area contributed by atoms with E-state index in [4.69, 9.17) is 0 Å². The molecule has 2 rings (SSSR count). The lowest BCUT2D eigenvalue weighted by atomic mass is 9.80. The van der Waals surface area contributed by atoms with E-state index < -0.39 is 12.0 Å². The summed E-state index contributed by atoms with van der Waals surface area (Å²) in [4.78, 5) is 11.3. The van der Waals surface area contributed by atoms with E-state index >= 15 is 0 Å². The number of carboxylic acids is 1. The lowest BCUT2D eigenvalue weighted by molar-refractivity contribution is -0.139. The number of benzene rings is 1. The van der Waals surface area contributed by atoms with Crippen LogP contribution in [0.2, 0.25) is 0 Å². The summed E-state index contributed by atoms with van der Waals surface area (Å²) in [6.45, 7) is 9.28. The Morgan fingerprint density at radius 1 is 1.33 bits per heavy atom. The van der Waals surface area contributed by atoms with Gasteiger partial charge in [-0.25, -0.2) is 0 Å². The molecule has 0 aromatic heterocycles. The van der Waals surface area contributed by atoms with Crippen LogP contribution in [-0.2, 0) is 10.2 Å². The second kappa shape index (κ2) is 4.39. The molecular formula is C15H21NO2. The van der Waals surface area contributed by atoms with Crippen molar-refractivity contribution in [2.24, 2.45) is 0 Å². The molecule has 2 unspecified atom stereocenters. The summed E-state index contributed by atoms with van der Waals surface area (Å²) < 4.78 is 0. The van der Waals surface area contributed by atoms with Crippen LogP contribution in [0.3, 0.4) is 0 Å². The van der Waals surface area contributed by atoms with Crippen molar-refractivity contribution < 1.29 is 9.90 Å². The predicted molar refractivity (Wildman–Crippen MR) is 71.9 cm³/mol. The van der Waals surface area contributed by atoms with E-state index in [-0.39, 0.29) is 5.41 Å². The van der Waals surface area contributed by atoms with Gasteiger partial charge in [-0.3, -0.25) is 4.79 Å². The van der Waals surface area contributed by atoms with Crippen molar-refractivity contribution in [2.75, 3.05) is 6.54 Å². The minimum absolute atomic E-state index is 0.0404. The third kappa shape index (κ3) is 2.27. The monoisotopic (exact) mass is 247 g/mol. The zero-order chi connectivity index (χ0) is 13.5. The van der Waals surface area contributed by atoms with Crippen LogP contribution in [0.25, 0.3) is 0 Å². The largest absolute Gasteiger partial charge is 0.480 e. The van der Waals surface area contributed by atoms with E-state index in [1.165, 1.54) is 5.56 Å². The van der Waals surface area contributed by atoms with Crippen LogP contribution in [0.1, 0.15) is 56.3 Å². The molecule has 1 aliphatic rings. The van der Waals surface area contributed by atoms with Crippen molar-refractivity contribution in [1.82, 2.24) is 5.32 Å². The van der Waals surface area contributed by atoms with Crippen LogP contribution < -0.4 is 5.32 Å². The number of aliphatic carboxylic acids is 1. The topological polar surface area (TPSA) is 49.3 Å². The number of rotatable bonds is 1. The number of hydrogen-bond donors (Lipinski definition) is 2. The van der Waals surface area contributed by atoms with Gasteiger partial charge in [-0.2, -0.15) is 0 Å². The van der Waals surface area contributed by atoms with Crippen LogP contribution in [-0.4, -0.2) is 17.6 Å². The first-order valence-corrected chi connectivity index (χ1v) is 6.41. The Hall–Kier alpha value is -1.35. The number of carbonyl (C=O) groups is 1. The Bertz CT molecular complexity index is 474. The number of fused-ring (bicyclic) bond motifs is 1. The third-order valence-electron chi connectivity index (χ3n) is 3.67. The van der Waals surface area contributed by atoms with Crippen LogP contribution in [0.5, 0.6) is 0 Å². The third-order valence-corrected chi connectivity index (χ3v) is 3.67. The molecule has 1 aliphatic heterocycles. The Labute approximate surface area is 108 Å². The minimum atomic E-state index is -0.797. The van der Waals surface area contributed by atoms with Gasteiger partial charge < -0.3 is 10.4 Å². The van der Waals surface area contributed by atoms with E-state index in [9.17, 15) is 9.90 Å². The Morgan fingerprint density at radius 3 is 2.56 bits per heavy atom. The SMILES string of the molecule is CC1CNC(C(=O)O)c2cc(C(C)(C)C)ccc21. The first kappa shape index (κ1) is 13.1. The average molecular weight is 247 g/mol. The first-order valence-electron chi connectivity index (χ1n) is 6.41. The molecule has 0 spiro atoms. The predicted octanol–water partition coefficient (Wildman–Crippen LogP) is 2.82. The fraction of sp³-hybridized carbons (Fsp3) is 0.533. The molecule has 0 fully saturated rings. The Kier molecular flexibility index (Phi) is 3.20. The highest BCUT2D eigenvalue weighted by Gasteiger charge is 2.30. The van der Waals surface area contributed by atoms with Crippen LogP contribution in [0.4, 0.5) is 0 Å². The molecule has 0 radical (unpaired) electrons. The first-order chi connectivity index (χ1) is 8.30. The second-order valence-corrected chi connectivity index (χ2v) is 6.17. The van der Waals surface area contributed by atoms with Crippen LogP contribution in [0.15, 0.2) is 18.2 Å². The van der Waals surface area contributed by atoms with Crippen LogP contribution >= 0.6 is 0 Å². The summed E-state index contributed by atoms with van der Waals surface area (Å²) in [7, 11) is 0. The average Bonchev–Trinajstić information content (AvgIpc) is 2.27. The molecule has 1 heterocycles. The molecule has 2 atom stereocenters. The standard InChI is InChI=1S/C15H21NO2/c1-9-8-16-13(14(17)18)12-7-10(15(2,3)4)5-6-11(9)12/h5-7,9,13,16H,8H2,1-4H3,(H,17,18). The van der Waals surface area contributed by atoms with Gasteiger partial charge in [0.05, 0.1) is 0 Å². The zero-order valence-electron chi connectivity index (χ0n) is 11.4. The van der Waals surface area contributed by atoms with Gasteiger partial charge >= 0.3 is 5.97 Å². The Morgan fingerprint density at radius 2 is 2.00 bits per heavy atom.